The first-order valence-corrected chi connectivity index (χ1v) is 10.9. The smallest absolute Gasteiger partial charge is 0.225 e. The lowest BCUT2D eigenvalue weighted by molar-refractivity contribution is 0.300. The first-order chi connectivity index (χ1) is 12.6. The van der Waals surface area contributed by atoms with E-state index >= 15 is 0 Å². The second-order valence-electron chi connectivity index (χ2n) is 8.31. The fourth-order valence-corrected chi connectivity index (χ4v) is 4.46. The van der Waals surface area contributed by atoms with Crippen molar-refractivity contribution < 1.29 is 0 Å². The number of rotatable bonds is 6. The zero-order valence-electron chi connectivity index (χ0n) is 15.8. The molecule has 0 spiro atoms. The van der Waals surface area contributed by atoms with Gasteiger partial charge in [-0.15, -0.1) is 0 Å². The fourth-order valence-electron chi connectivity index (χ4n) is 4.00. The molecular formula is C21H29BrN4. The van der Waals surface area contributed by atoms with Gasteiger partial charge in [-0.25, -0.2) is 4.98 Å². The second-order valence-corrected chi connectivity index (χ2v) is 9.16. The van der Waals surface area contributed by atoms with E-state index in [0.29, 0.717) is 6.04 Å². The van der Waals surface area contributed by atoms with Crippen molar-refractivity contribution in [1.29, 1.82) is 0 Å². The molecule has 1 aromatic carbocycles. The molecular weight excluding hydrogens is 388 g/mol. The summed E-state index contributed by atoms with van der Waals surface area (Å²) < 4.78 is 1.02. The number of hydrogen-bond acceptors (Lipinski definition) is 4. The highest BCUT2D eigenvalue weighted by Crippen LogP contribution is 2.36. The number of hydrogen-bond donors (Lipinski definition) is 2. The van der Waals surface area contributed by atoms with Crippen LogP contribution >= 0.6 is 15.9 Å². The van der Waals surface area contributed by atoms with Crippen LogP contribution in [0.25, 0.3) is 10.9 Å². The quantitative estimate of drug-likeness (QED) is 0.620. The minimum atomic E-state index is 0.458. The van der Waals surface area contributed by atoms with E-state index in [0.717, 1.165) is 51.4 Å². The van der Waals surface area contributed by atoms with Crippen LogP contribution in [0.3, 0.4) is 0 Å². The molecule has 2 saturated carbocycles. The summed E-state index contributed by atoms with van der Waals surface area (Å²) in [5.74, 6) is 4.11. The van der Waals surface area contributed by atoms with Crippen molar-refractivity contribution >= 4 is 38.6 Å². The molecule has 0 unspecified atom stereocenters. The molecule has 0 bridgehead atoms. The second kappa shape index (κ2) is 7.71. The third kappa shape index (κ3) is 4.13. The van der Waals surface area contributed by atoms with E-state index in [4.69, 9.17) is 9.97 Å². The van der Waals surface area contributed by atoms with Crippen molar-refractivity contribution in [3.8, 4) is 0 Å². The van der Waals surface area contributed by atoms with Gasteiger partial charge in [0, 0.05) is 22.4 Å². The van der Waals surface area contributed by atoms with Crippen molar-refractivity contribution in [2.24, 2.45) is 17.8 Å². The van der Waals surface area contributed by atoms with Crippen LogP contribution in [0.15, 0.2) is 22.7 Å². The average Bonchev–Trinajstić information content (AvgIpc) is 3.47. The van der Waals surface area contributed by atoms with Gasteiger partial charge in [0.15, 0.2) is 0 Å². The first kappa shape index (κ1) is 18.0. The van der Waals surface area contributed by atoms with Crippen LogP contribution in [0.1, 0.15) is 52.4 Å². The number of fused-ring (bicyclic) bond motifs is 1. The maximum Gasteiger partial charge on any atom is 0.225 e. The molecule has 4 rings (SSSR count). The molecule has 1 aromatic heterocycles. The molecule has 5 heteroatoms. The highest BCUT2D eigenvalue weighted by atomic mass is 79.9. The van der Waals surface area contributed by atoms with E-state index in [1.807, 2.05) is 0 Å². The normalized spacial score (nSPS) is 24.4. The van der Waals surface area contributed by atoms with E-state index in [1.54, 1.807) is 0 Å². The van der Waals surface area contributed by atoms with Crippen LogP contribution < -0.4 is 10.6 Å². The van der Waals surface area contributed by atoms with Gasteiger partial charge in [-0.1, -0.05) is 25.8 Å². The van der Waals surface area contributed by atoms with E-state index < -0.39 is 0 Å². The lowest BCUT2D eigenvalue weighted by Gasteiger charge is -2.26. The average molecular weight is 417 g/mol. The monoisotopic (exact) mass is 416 g/mol. The maximum absolute atomic E-state index is 4.84. The van der Waals surface area contributed by atoms with Gasteiger partial charge in [0.25, 0.3) is 0 Å². The molecule has 2 aliphatic carbocycles. The summed E-state index contributed by atoms with van der Waals surface area (Å²) >= 11 is 3.66. The number of halogens is 1. The standard InChI is InChI=1S/C21H29BrN4/c1-13-6-8-15(9-7-13)12-23-21-25-19-17(4-3-5-18(19)22)20(26-21)24-14(2)16-10-11-16/h3-5,13-16H,6-12H2,1-2H3,(H2,23,24,25,26)/t13?,14-,15?/m1/s1. The molecule has 2 aromatic rings. The van der Waals surface area contributed by atoms with E-state index in [9.17, 15) is 0 Å². The van der Waals surface area contributed by atoms with Gasteiger partial charge in [0.2, 0.25) is 5.95 Å². The molecule has 140 valence electrons. The minimum absolute atomic E-state index is 0.458. The van der Waals surface area contributed by atoms with Gasteiger partial charge < -0.3 is 10.6 Å². The summed E-state index contributed by atoms with van der Waals surface area (Å²) in [6.45, 7) is 5.60. The minimum Gasteiger partial charge on any atom is -0.367 e. The lowest BCUT2D eigenvalue weighted by atomic mass is 9.83. The molecule has 1 atom stereocenters. The SMILES string of the molecule is CC1CCC(CNc2nc(N[C@H](C)C3CC3)c3cccc(Br)c3n2)CC1. The number of anilines is 2. The van der Waals surface area contributed by atoms with Crippen LogP contribution in [0.2, 0.25) is 0 Å². The van der Waals surface area contributed by atoms with Crippen LogP contribution in [0.5, 0.6) is 0 Å². The van der Waals surface area contributed by atoms with Crippen molar-refractivity contribution in [2.75, 3.05) is 17.2 Å². The van der Waals surface area contributed by atoms with E-state index in [-0.39, 0.29) is 0 Å². The summed E-state index contributed by atoms with van der Waals surface area (Å²) in [5, 5.41) is 8.26. The Bertz CT molecular complexity index is 766. The Kier molecular flexibility index (Phi) is 5.35. The van der Waals surface area contributed by atoms with Crippen molar-refractivity contribution in [1.82, 2.24) is 9.97 Å². The van der Waals surface area contributed by atoms with Crippen LogP contribution in [-0.4, -0.2) is 22.6 Å². The Balaban J connectivity index is 1.54. The third-order valence-corrected chi connectivity index (χ3v) is 6.70. The molecule has 2 N–H and O–H groups in total. The highest BCUT2D eigenvalue weighted by molar-refractivity contribution is 9.10. The van der Waals surface area contributed by atoms with Gasteiger partial charge in [-0.05, 0) is 78.4 Å². The van der Waals surface area contributed by atoms with E-state index in [2.05, 4.69) is 58.6 Å². The van der Waals surface area contributed by atoms with Crippen LogP contribution in [0.4, 0.5) is 11.8 Å². The van der Waals surface area contributed by atoms with Gasteiger partial charge in [-0.2, -0.15) is 4.98 Å². The third-order valence-electron chi connectivity index (χ3n) is 6.06. The largest absolute Gasteiger partial charge is 0.367 e. The Morgan fingerprint density at radius 1 is 1.12 bits per heavy atom. The Hall–Kier alpha value is -1.36. The Labute approximate surface area is 164 Å². The predicted molar refractivity (Wildman–Crippen MR) is 113 cm³/mol. The van der Waals surface area contributed by atoms with Crippen LogP contribution in [0, 0.1) is 17.8 Å². The number of para-hydroxylation sites is 1. The molecule has 1 heterocycles. The van der Waals surface area contributed by atoms with Gasteiger partial charge in [0.05, 0.1) is 5.52 Å². The summed E-state index contributed by atoms with van der Waals surface area (Å²) in [5.41, 5.74) is 0.979. The lowest BCUT2D eigenvalue weighted by Crippen LogP contribution is -2.22. The summed E-state index contributed by atoms with van der Waals surface area (Å²) in [6, 6.07) is 6.67. The topological polar surface area (TPSA) is 49.8 Å². The molecule has 0 amide bonds. The first-order valence-electron chi connectivity index (χ1n) is 10.1. The highest BCUT2D eigenvalue weighted by Gasteiger charge is 2.28. The molecule has 2 fully saturated rings. The Morgan fingerprint density at radius 3 is 2.62 bits per heavy atom. The molecule has 26 heavy (non-hydrogen) atoms. The molecule has 4 nitrogen and oxygen atoms in total. The summed E-state index contributed by atoms with van der Waals surface area (Å²) in [7, 11) is 0. The van der Waals surface area contributed by atoms with Crippen LogP contribution in [-0.2, 0) is 0 Å². The fraction of sp³-hybridized carbons (Fsp3) is 0.619. The number of nitrogens with zero attached hydrogens (tertiary/aromatic N) is 2. The van der Waals surface area contributed by atoms with Crippen molar-refractivity contribution in [3.63, 3.8) is 0 Å². The summed E-state index contributed by atoms with van der Waals surface area (Å²) in [6.07, 6.45) is 7.98. The maximum atomic E-state index is 4.84. The summed E-state index contributed by atoms with van der Waals surface area (Å²) in [4.78, 5) is 9.63. The number of aromatic nitrogens is 2. The van der Waals surface area contributed by atoms with Gasteiger partial charge in [-0.3, -0.25) is 0 Å². The van der Waals surface area contributed by atoms with E-state index in [1.165, 1.54) is 38.5 Å². The Morgan fingerprint density at radius 2 is 1.88 bits per heavy atom. The molecule has 0 aliphatic heterocycles. The van der Waals surface area contributed by atoms with Crippen molar-refractivity contribution in [3.05, 3.63) is 22.7 Å². The number of nitrogens with one attached hydrogen (secondary N) is 2. The molecule has 0 saturated heterocycles. The van der Waals surface area contributed by atoms with Crippen molar-refractivity contribution in [2.45, 2.75) is 58.4 Å². The number of benzene rings is 1. The zero-order valence-corrected chi connectivity index (χ0v) is 17.3. The van der Waals surface area contributed by atoms with Gasteiger partial charge in [0.1, 0.15) is 5.82 Å². The predicted octanol–water partition coefficient (Wildman–Crippen LogP) is 5.84. The zero-order chi connectivity index (χ0) is 18.1. The molecule has 0 radical (unpaired) electrons. The molecule has 2 aliphatic rings. The van der Waals surface area contributed by atoms with Gasteiger partial charge >= 0.3 is 0 Å².